The lowest BCUT2D eigenvalue weighted by Gasteiger charge is -2.29. The fourth-order valence-corrected chi connectivity index (χ4v) is 7.47. The number of nitrogens with zero attached hydrogens (tertiary/aromatic N) is 4. The number of nitrogens with one attached hydrogen (secondary N) is 2. The molecule has 4 aromatic carbocycles. The Morgan fingerprint density at radius 1 is 0.897 bits per heavy atom. The van der Waals surface area contributed by atoms with Crippen molar-refractivity contribution in [1.29, 1.82) is 0 Å². The summed E-state index contributed by atoms with van der Waals surface area (Å²) in [6.07, 6.45) is 4.46. The molecular formula is C46H55FN6O5. The maximum atomic E-state index is 16.4. The number of carbonyl (C=O) groups excluding carboxylic acids is 2. The van der Waals surface area contributed by atoms with E-state index in [1.165, 1.54) is 17.1 Å². The maximum absolute atomic E-state index is 16.4. The SMILES string of the molecule is Cc1cc(NC(=O)OC(C)(C)C)ccc1NC(=O)c1cc(F)c(-n2nc([C@@H](C)N(Cc3ccccc3)Cc3ccccc3)n(C)c2=O)cc1OC(C)C1CCCCC1. The number of ether oxygens (including phenoxy) is 2. The lowest BCUT2D eigenvalue weighted by molar-refractivity contribution is 0.0635. The van der Waals surface area contributed by atoms with Crippen molar-refractivity contribution in [1.82, 2.24) is 19.2 Å². The Hall–Kier alpha value is -5.75. The monoisotopic (exact) mass is 790 g/mol. The first kappa shape index (κ1) is 41.9. The van der Waals surface area contributed by atoms with E-state index in [1.807, 2.05) is 50.2 Å². The third-order valence-electron chi connectivity index (χ3n) is 10.7. The molecule has 1 saturated carbocycles. The van der Waals surface area contributed by atoms with Crippen LogP contribution in [0.25, 0.3) is 5.69 Å². The molecule has 0 spiro atoms. The van der Waals surface area contributed by atoms with Crippen molar-refractivity contribution in [3.63, 3.8) is 0 Å². The molecule has 1 fully saturated rings. The van der Waals surface area contributed by atoms with Crippen molar-refractivity contribution >= 4 is 23.4 Å². The quantitative estimate of drug-likeness (QED) is 0.122. The zero-order chi connectivity index (χ0) is 41.6. The van der Waals surface area contributed by atoms with Crippen molar-refractivity contribution in [2.75, 3.05) is 10.6 Å². The van der Waals surface area contributed by atoms with Crippen LogP contribution < -0.4 is 21.1 Å². The van der Waals surface area contributed by atoms with Gasteiger partial charge < -0.3 is 14.8 Å². The van der Waals surface area contributed by atoms with Crippen LogP contribution in [0.4, 0.5) is 20.6 Å². The fourth-order valence-electron chi connectivity index (χ4n) is 7.47. The van der Waals surface area contributed by atoms with Crippen LogP contribution in [0.15, 0.2) is 95.8 Å². The van der Waals surface area contributed by atoms with Crippen molar-refractivity contribution in [3.8, 4) is 11.4 Å². The highest BCUT2D eigenvalue weighted by molar-refractivity contribution is 6.07. The van der Waals surface area contributed by atoms with Crippen LogP contribution in [0.3, 0.4) is 0 Å². The Kier molecular flexibility index (Phi) is 13.2. The minimum absolute atomic E-state index is 0.0197. The molecule has 0 radical (unpaired) electrons. The average Bonchev–Trinajstić information content (AvgIpc) is 3.48. The highest BCUT2D eigenvalue weighted by Gasteiger charge is 2.29. The normalized spacial score (nSPS) is 14.5. The number of halogens is 1. The molecule has 58 heavy (non-hydrogen) atoms. The van der Waals surface area contributed by atoms with Crippen molar-refractivity contribution in [2.24, 2.45) is 13.0 Å². The van der Waals surface area contributed by atoms with Gasteiger partial charge in [0.15, 0.2) is 5.82 Å². The summed E-state index contributed by atoms with van der Waals surface area (Å²) in [5, 5.41) is 10.3. The van der Waals surface area contributed by atoms with E-state index < -0.39 is 29.1 Å². The van der Waals surface area contributed by atoms with Gasteiger partial charge in [0.25, 0.3) is 5.91 Å². The van der Waals surface area contributed by atoms with Crippen LogP contribution in [0.5, 0.6) is 5.75 Å². The van der Waals surface area contributed by atoms with E-state index in [0.717, 1.165) is 47.6 Å². The van der Waals surface area contributed by atoms with E-state index in [9.17, 15) is 14.4 Å². The van der Waals surface area contributed by atoms with E-state index >= 15 is 4.39 Å². The zero-order valence-corrected chi connectivity index (χ0v) is 34.6. The maximum Gasteiger partial charge on any atom is 0.412 e. The van der Waals surface area contributed by atoms with E-state index in [-0.39, 0.29) is 35.1 Å². The van der Waals surface area contributed by atoms with Gasteiger partial charge in [-0.15, -0.1) is 5.10 Å². The molecule has 1 unspecified atom stereocenters. The molecule has 6 rings (SSSR count). The Morgan fingerprint density at radius 2 is 1.52 bits per heavy atom. The molecular weight excluding hydrogens is 736 g/mol. The van der Waals surface area contributed by atoms with Crippen molar-refractivity contribution < 1.29 is 23.5 Å². The summed E-state index contributed by atoms with van der Waals surface area (Å²) >= 11 is 0. The molecule has 2 atom stereocenters. The van der Waals surface area contributed by atoms with Gasteiger partial charge in [0.1, 0.15) is 22.9 Å². The predicted octanol–water partition coefficient (Wildman–Crippen LogP) is 9.73. The molecule has 1 aromatic heterocycles. The van der Waals surface area contributed by atoms with Crippen LogP contribution in [0.2, 0.25) is 0 Å². The predicted molar refractivity (Wildman–Crippen MR) is 225 cm³/mol. The van der Waals surface area contributed by atoms with Crippen LogP contribution in [0.1, 0.15) is 106 Å². The molecule has 0 bridgehead atoms. The van der Waals surface area contributed by atoms with Gasteiger partial charge in [0, 0.05) is 37.6 Å². The summed E-state index contributed by atoms with van der Waals surface area (Å²) in [5.41, 5.74) is 2.49. The summed E-state index contributed by atoms with van der Waals surface area (Å²) in [6, 6.07) is 27.4. The lowest BCUT2D eigenvalue weighted by atomic mass is 9.86. The molecule has 1 aliphatic rings. The zero-order valence-electron chi connectivity index (χ0n) is 34.6. The molecule has 0 aliphatic heterocycles. The third kappa shape index (κ3) is 10.4. The molecule has 2 amide bonds. The topological polar surface area (TPSA) is 120 Å². The van der Waals surface area contributed by atoms with Gasteiger partial charge in [-0.2, -0.15) is 4.68 Å². The Labute approximate surface area is 340 Å². The molecule has 2 N–H and O–H groups in total. The van der Waals surface area contributed by atoms with E-state index in [0.29, 0.717) is 35.9 Å². The number of benzene rings is 4. The van der Waals surface area contributed by atoms with E-state index in [1.54, 1.807) is 52.9 Å². The van der Waals surface area contributed by atoms with Crippen LogP contribution in [-0.2, 0) is 24.9 Å². The van der Waals surface area contributed by atoms with Gasteiger partial charge in [-0.1, -0.05) is 79.9 Å². The first-order valence-electron chi connectivity index (χ1n) is 20.1. The number of anilines is 2. The molecule has 1 heterocycles. The molecule has 1 aliphatic carbocycles. The number of amides is 2. The van der Waals surface area contributed by atoms with Crippen molar-refractivity contribution in [2.45, 2.75) is 104 Å². The molecule has 5 aromatic rings. The second kappa shape index (κ2) is 18.2. The molecule has 11 nitrogen and oxygen atoms in total. The fraction of sp³-hybridized carbons (Fsp3) is 0.391. The number of hydrogen-bond donors (Lipinski definition) is 2. The number of rotatable bonds is 13. The average molecular weight is 791 g/mol. The van der Waals surface area contributed by atoms with E-state index in [2.05, 4.69) is 39.8 Å². The first-order valence-corrected chi connectivity index (χ1v) is 20.1. The highest BCUT2D eigenvalue weighted by atomic mass is 19.1. The lowest BCUT2D eigenvalue weighted by Crippen LogP contribution is -2.29. The summed E-state index contributed by atoms with van der Waals surface area (Å²) in [7, 11) is 1.64. The number of aromatic nitrogens is 3. The summed E-state index contributed by atoms with van der Waals surface area (Å²) in [6.45, 7) is 12.3. The van der Waals surface area contributed by atoms with Crippen LogP contribution in [-0.4, -0.2) is 43.0 Å². The Bertz CT molecular complexity index is 2220. The standard InChI is InChI=1S/C46H55FN6O5/c1-30-25-36(48-44(55)58-46(4,5)6)23-24-39(30)49-43(54)37-26-38(47)40(27-41(37)57-32(3)35-21-15-10-16-22-35)53-45(56)51(7)42(50-53)31(2)52(28-33-17-11-8-12-18-33)29-34-19-13-9-14-20-34/h8-9,11-14,17-20,23-27,31-32,35H,10,15-16,21-22,28-29H2,1-7H3,(H,48,55)(H,49,54)/t31-,32?/m1/s1. The first-order chi connectivity index (χ1) is 27.7. The van der Waals surface area contributed by atoms with Gasteiger partial charge in [0.05, 0.1) is 17.7 Å². The number of hydrogen-bond acceptors (Lipinski definition) is 7. The van der Waals surface area contributed by atoms with Gasteiger partial charge in [-0.3, -0.25) is 19.6 Å². The summed E-state index contributed by atoms with van der Waals surface area (Å²) in [4.78, 5) is 42.5. The van der Waals surface area contributed by atoms with Gasteiger partial charge in [0.2, 0.25) is 0 Å². The molecule has 306 valence electrons. The van der Waals surface area contributed by atoms with Crippen LogP contribution in [0, 0.1) is 18.7 Å². The summed E-state index contributed by atoms with van der Waals surface area (Å²) in [5.74, 6) is -0.532. The second-order valence-corrected chi connectivity index (χ2v) is 16.3. The van der Waals surface area contributed by atoms with Crippen molar-refractivity contribution in [3.05, 3.63) is 135 Å². The summed E-state index contributed by atoms with van der Waals surface area (Å²) < 4.78 is 30.8. The third-order valence-corrected chi connectivity index (χ3v) is 10.7. The van der Waals surface area contributed by atoms with Gasteiger partial charge >= 0.3 is 11.8 Å². The largest absolute Gasteiger partial charge is 0.490 e. The van der Waals surface area contributed by atoms with Gasteiger partial charge in [-0.25, -0.2) is 14.0 Å². The number of aryl methyl sites for hydroxylation is 1. The Balaban J connectivity index is 1.32. The molecule has 12 heteroatoms. The van der Waals surface area contributed by atoms with Gasteiger partial charge in [-0.05, 0) is 101 Å². The van der Waals surface area contributed by atoms with E-state index in [4.69, 9.17) is 14.6 Å². The smallest absolute Gasteiger partial charge is 0.412 e. The van der Waals surface area contributed by atoms with Crippen LogP contribution >= 0.6 is 0 Å². The minimum atomic E-state index is -0.804. The highest BCUT2D eigenvalue weighted by Crippen LogP contribution is 2.33. The Morgan fingerprint density at radius 3 is 2.10 bits per heavy atom. The second-order valence-electron chi connectivity index (χ2n) is 16.3. The molecule has 0 saturated heterocycles. The minimum Gasteiger partial charge on any atom is -0.490 e. The number of carbonyl (C=O) groups is 2.